The molecule has 0 fully saturated rings. The summed E-state index contributed by atoms with van der Waals surface area (Å²) in [5, 5.41) is 5.62. The van der Waals surface area contributed by atoms with Crippen molar-refractivity contribution in [2.45, 2.75) is 0 Å². The van der Waals surface area contributed by atoms with E-state index in [1.165, 1.54) is 10.8 Å². The van der Waals surface area contributed by atoms with Gasteiger partial charge in [0.2, 0.25) is 0 Å². The van der Waals surface area contributed by atoms with Crippen molar-refractivity contribution in [3.8, 4) is 56.4 Å². The van der Waals surface area contributed by atoms with Gasteiger partial charge in [-0.15, -0.1) is 0 Å². The van der Waals surface area contributed by atoms with Gasteiger partial charge in [-0.2, -0.15) is 0 Å². The number of aromatic nitrogens is 4. The Morgan fingerprint density at radius 2 is 1.04 bits per heavy atom. The third-order valence-electron chi connectivity index (χ3n) is 9.54. The lowest BCUT2D eigenvalue weighted by molar-refractivity contribution is 0.669. The fraction of sp³-hybridized carbons (Fsp3) is 0. The smallest absolute Gasteiger partial charge is 0.164 e. The third-order valence-corrected chi connectivity index (χ3v) is 9.54. The van der Waals surface area contributed by atoms with Gasteiger partial charge < -0.3 is 4.42 Å². The molecule has 5 nitrogen and oxygen atoms in total. The molecule has 0 unspecified atom stereocenters. The highest BCUT2D eigenvalue weighted by molar-refractivity contribution is 6.05. The largest absolute Gasteiger partial charge is 0.456 e. The molecule has 0 saturated carbocycles. The molecule has 7 aromatic carbocycles. The van der Waals surface area contributed by atoms with Crippen molar-refractivity contribution in [1.82, 2.24) is 19.9 Å². The van der Waals surface area contributed by atoms with Gasteiger partial charge in [0.25, 0.3) is 0 Å². The van der Waals surface area contributed by atoms with Crippen molar-refractivity contribution in [2.24, 2.45) is 0 Å². The maximum absolute atomic E-state index is 6.26. The van der Waals surface area contributed by atoms with Crippen LogP contribution in [0.15, 0.2) is 174 Å². The van der Waals surface area contributed by atoms with Crippen LogP contribution >= 0.6 is 0 Å². The number of para-hydroxylation sites is 1. The minimum absolute atomic E-state index is 0.577. The molecule has 0 radical (unpaired) electrons. The van der Waals surface area contributed by atoms with Crippen LogP contribution in [0.1, 0.15) is 0 Å². The summed E-state index contributed by atoms with van der Waals surface area (Å²) < 4.78 is 6.26. The lowest BCUT2D eigenvalue weighted by Gasteiger charge is -2.14. The molecule has 10 aromatic rings. The Kier molecular flexibility index (Phi) is 6.74. The Labute approximate surface area is 293 Å². The minimum atomic E-state index is 0.577. The number of pyridine rings is 1. The molecule has 3 heterocycles. The van der Waals surface area contributed by atoms with Crippen molar-refractivity contribution in [3.05, 3.63) is 170 Å². The first-order valence-corrected chi connectivity index (χ1v) is 17.0. The summed E-state index contributed by atoms with van der Waals surface area (Å²) in [6, 6.07) is 56.5. The van der Waals surface area contributed by atoms with Crippen molar-refractivity contribution in [1.29, 1.82) is 0 Å². The number of hydrogen-bond donors (Lipinski definition) is 0. The molecule has 0 aliphatic heterocycles. The molecular formula is C46H28N4O. The number of furan rings is 1. The second-order valence-electron chi connectivity index (χ2n) is 12.7. The topological polar surface area (TPSA) is 64.7 Å². The van der Waals surface area contributed by atoms with Crippen LogP contribution < -0.4 is 0 Å². The summed E-state index contributed by atoms with van der Waals surface area (Å²) in [5.74, 6) is 1.77. The maximum atomic E-state index is 6.26. The predicted molar refractivity (Wildman–Crippen MR) is 207 cm³/mol. The zero-order valence-electron chi connectivity index (χ0n) is 27.4. The second kappa shape index (κ2) is 11.9. The van der Waals surface area contributed by atoms with E-state index in [0.29, 0.717) is 17.5 Å². The Balaban J connectivity index is 1.21. The van der Waals surface area contributed by atoms with Gasteiger partial charge in [-0.1, -0.05) is 109 Å². The number of benzene rings is 7. The standard InChI is InChI=1S/C46H28N4O/c1-2-11-30(12-3-1)44-48-45(33-21-22-40-39-14-6-7-18-42(39)51-43(40)28-33)50-46(49-44)36-26-34(32-20-19-29-10-4-5-13-31(29)24-32)25-35(27-36)37-15-8-17-41-38(37)16-9-23-47-41/h1-28H. The third kappa shape index (κ3) is 5.20. The van der Waals surface area contributed by atoms with E-state index in [0.717, 1.165) is 71.8 Å². The first kappa shape index (κ1) is 29.0. The van der Waals surface area contributed by atoms with Crippen LogP contribution in [0, 0.1) is 0 Å². The summed E-state index contributed by atoms with van der Waals surface area (Å²) >= 11 is 0. The van der Waals surface area contributed by atoms with Gasteiger partial charge in [-0.05, 0) is 87.6 Å². The van der Waals surface area contributed by atoms with Crippen LogP contribution in [0.5, 0.6) is 0 Å². The van der Waals surface area contributed by atoms with Gasteiger partial charge in [0.1, 0.15) is 11.2 Å². The van der Waals surface area contributed by atoms with Crippen molar-refractivity contribution in [2.75, 3.05) is 0 Å². The molecule has 51 heavy (non-hydrogen) atoms. The Hall–Kier alpha value is -6.98. The highest BCUT2D eigenvalue weighted by atomic mass is 16.3. The SMILES string of the molecule is c1ccc(-c2nc(-c3cc(-c4ccc5ccccc5c4)cc(-c4cccc5ncccc45)c3)nc(-c3ccc4c(c3)oc3ccccc34)n2)cc1. The van der Waals surface area contributed by atoms with Crippen LogP contribution in [0.2, 0.25) is 0 Å². The Morgan fingerprint density at radius 3 is 1.94 bits per heavy atom. The van der Waals surface area contributed by atoms with E-state index < -0.39 is 0 Å². The molecule has 0 N–H and O–H groups in total. The predicted octanol–water partition coefficient (Wildman–Crippen LogP) is 11.8. The normalized spacial score (nSPS) is 11.5. The molecular weight excluding hydrogens is 625 g/mol. The van der Waals surface area contributed by atoms with Crippen LogP contribution in [0.25, 0.3) is 100 Å². The molecule has 0 bridgehead atoms. The molecule has 0 aliphatic carbocycles. The number of fused-ring (bicyclic) bond motifs is 5. The van der Waals surface area contributed by atoms with Crippen molar-refractivity contribution < 1.29 is 4.42 Å². The van der Waals surface area contributed by atoms with E-state index in [-0.39, 0.29) is 0 Å². The van der Waals surface area contributed by atoms with Gasteiger partial charge in [0, 0.05) is 39.0 Å². The molecule has 0 amide bonds. The summed E-state index contributed by atoms with van der Waals surface area (Å²) in [6.07, 6.45) is 1.84. The Bertz CT molecular complexity index is 2930. The average molecular weight is 653 g/mol. The van der Waals surface area contributed by atoms with Crippen molar-refractivity contribution >= 4 is 43.6 Å². The molecule has 0 aliphatic rings. The van der Waals surface area contributed by atoms with E-state index in [2.05, 4.69) is 108 Å². The fourth-order valence-corrected chi connectivity index (χ4v) is 7.02. The maximum Gasteiger partial charge on any atom is 0.164 e. The first-order valence-electron chi connectivity index (χ1n) is 17.0. The first-order chi connectivity index (χ1) is 25.2. The minimum Gasteiger partial charge on any atom is -0.456 e. The van der Waals surface area contributed by atoms with Gasteiger partial charge in [0.05, 0.1) is 5.52 Å². The monoisotopic (exact) mass is 652 g/mol. The quantitative estimate of drug-likeness (QED) is 0.185. The van der Waals surface area contributed by atoms with Gasteiger partial charge in [0.15, 0.2) is 17.5 Å². The van der Waals surface area contributed by atoms with E-state index in [1.54, 1.807) is 0 Å². The highest BCUT2D eigenvalue weighted by Gasteiger charge is 2.17. The average Bonchev–Trinajstić information content (AvgIpc) is 3.58. The summed E-state index contributed by atoms with van der Waals surface area (Å²) in [5.41, 5.74) is 9.59. The zero-order chi connectivity index (χ0) is 33.7. The lowest BCUT2D eigenvalue weighted by atomic mass is 9.93. The van der Waals surface area contributed by atoms with E-state index in [1.807, 2.05) is 66.9 Å². The Morgan fingerprint density at radius 1 is 0.353 bits per heavy atom. The molecule has 5 heteroatoms. The van der Waals surface area contributed by atoms with Crippen molar-refractivity contribution in [3.63, 3.8) is 0 Å². The molecule has 0 atom stereocenters. The molecule has 3 aromatic heterocycles. The number of hydrogen-bond acceptors (Lipinski definition) is 5. The lowest BCUT2D eigenvalue weighted by Crippen LogP contribution is -2.00. The van der Waals surface area contributed by atoms with Crippen LogP contribution in [0.3, 0.4) is 0 Å². The molecule has 0 saturated heterocycles. The van der Waals surface area contributed by atoms with E-state index >= 15 is 0 Å². The van der Waals surface area contributed by atoms with Gasteiger partial charge in [-0.3, -0.25) is 4.98 Å². The molecule has 0 spiro atoms. The summed E-state index contributed by atoms with van der Waals surface area (Å²) in [4.78, 5) is 20.0. The summed E-state index contributed by atoms with van der Waals surface area (Å²) in [6.45, 7) is 0. The van der Waals surface area contributed by atoms with Gasteiger partial charge >= 0.3 is 0 Å². The second-order valence-corrected chi connectivity index (χ2v) is 12.7. The summed E-state index contributed by atoms with van der Waals surface area (Å²) in [7, 11) is 0. The van der Waals surface area contributed by atoms with Gasteiger partial charge in [-0.25, -0.2) is 15.0 Å². The van der Waals surface area contributed by atoms with E-state index in [4.69, 9.17) is 19.4 Å². The van der Waals surface area contributed by atoms with Crippen LogP contribution in [0.4, 0.5) is 0 Å². The van der Waals surface area contributed by atoms with E-state index in [9.17, 15) is 0 Å². The van der Waals surface area contributed by atoms with Crippen LogP contribution in [-0.2, 0) is 0 Å². The molecule has 10 rings (SSSR count). The number of nitrogens with zero attached hydrogens (tertiary/aromatic N) is 4. The van der Waals surface area contributed by atoms with Crippen LogP contribution in [-0.4, -0.2) is 19.9 Å². The highest BCUT2D eigenvalue weighted by Crippen LogP contribution is 2.37. The fourth-order valence-electron chi connectivity index (χ4n) is 7.02. The zero-order valence-corrected chi connectivity index (χ0v) is 27.4. The molecule has 238 valence electrons. The number of rotatable bonds is 5.